The van der Waals surface area contributed by atoms with Gasteiger partial charge in [0.25, 0.3) is 0 Å². The molecule has 0 radical (unpaired) electrons. The number of hydrogen-bond acceptors (Lipinski definition) is 3. The van der Waals surface area contributed by atoms with Gasteiger partial charge in [0.15, 0.2) is 0 Å². The van der Waals surface area contributed by atoms with Crippen molar-refractivity contribution in [3.63, 3.8) is 0 Å². The molecule has 0 aromatic heterocycles. The number of halogens is 2. The smallest absolute Gasteiger partial charge is 0.131 e. The van der Waals surface area contributed by atoms with E-state index in [1.807, 2.05) is 31.2 Å². The molecule has 0 aliphatic rings. The average Bonchev–Trinajstić information content (AvgIpc) is 2.56. The van der Waals surface area contributed by atoms with E-state index >= 15 is 0 Å². The molecule has 0 fully saturated rings. The monoisotopic (exact) mass is 337 g/mol. The summed E-state index contributed by atoms with van der Waals surface area (Å²) in [5, 5.41) is 12.8. The van der Waals surface area contributed by atoms with E-state index in [0.717, 1.165) is 12.0 Å². The number of aliphatic hydroxyl groups excluding tert-OH is 1. The summed E-state index contributed by atoms with van der Waals surface area (Å²) in [6.07, 6.45) is 0.860. The Morgan fingerprint density at radius 3 is 2.74 bits per heavy atom. The van der Waals surface area contributed by atoms with Crippen molar-refractivity contribution in [2.24, 2.45) is 0 Å². The molecule has 0 amide bonds. The zero-order valence-corrected chi connectivity index (χ0v) is 13.8. The van der Waals surface area contributed by atoms with Crippen LogP contribution in [0.2, 0.25) is 5.02 Å². The number of ether oxygens (including phenoxy) is 1. The largest absolute Gasteiger partial charge is 0.489 e. The Labute approximate surface area is 141 Å². The van der Waals surface area contributed by atoms with E-state index in [1.165, 1.54) is 6.07 Å². The first kappa shape index (κ1) is 17.7. The van der Waals surface area contributed by atoms with Crippen LogP contribution in [0, 0.1) is 5.82 Å². The Bertz CT molecular complexity index is 612. The molecule has 2 aromatic carbocycles. The fourth-order valence-electron chi connectivity index (χ4n) is 2.17. The Hall–Kier alpha value is -1.62. The third kappa shape index (κ3) is 5.20. The molecular weight excluding hydrogens is 317 g/mol. The lowest BCUT2D eigenvalue weighted by Crippen LogP contribution is -2.31. The zero-order chi connectivity index (χ0) is 16.7. The summed E-state index contributed by atoms with van der Waals surface area (Å²) >= 11 is 5.99. The highest BCUT2D eigenvalue weighted by atomic mass is 35.5. The van der Waals surface area contributed by atoms with Crippen LogP contribution in [0.15, 0.2) is 42.5 Å². The van der Waals surface area contributed by atoms with Gasteiger partial charge in [0.1, 0.15) is 18.2 Å². The molecule has 0 saturated heterocycles. The summed E-state index contributed by atoms with van der Waals surface area (Å²) in [5.74, 6) is 0.282. The van der Waals surface area contributed by atoms with Crippen LogP contribution in [0.1, 0.15) is 24.5 Å². The molecule has 23 heavy (non-hydrogen) atoms. The molecule has 1 atom stereocenters. The van der Waals surface area contributed by atoms with Crippen LogP contribution in [0.4, 0.5) is 4.39 Å². The second-order valence-electron chi connectivity index (χ2n) is 5.30. The van der Waals surface area contributed by atoms with Gasteiger partial charge < -0.3 is 15.2 Å². The summed E-state index contributed by atoms with van der Waals surface area (Å²) in [6.45, 7) is 2.84. The minimum Gasteiger partial charge on any atom is -0.489 e. The maximum absolute atomic E-state index is 13.7. The molecule has 0 heterocycles. The van der Waals surface area contributed by atoms with E-state index in [0.29, 0.717) is 22.9 Å². The van der Waals surface area contributed by atoms with Gasteiger partial charge in [-0.1, -0.05) is 36.7 Å². The average molecular weight is 338 g/mol. The summed E-state index contributed by atoms with van der Waals surface area (Å²) < 4.78 is 19.4. The zero-order valence-electron chi connectivity index (χ0n) is 13.1. The number of hydrogen-bond donors (Lipinski definition) is 2. The number of rotatable bonds is 8. The summed E-state index contributed by atoms with van der Waals surface area (Å²) in [5.41, 5.74) is 1.39. The molecule has 2 aromatic rings. The number of aliphatic hydroxyl groups is 1. The van der Waals surface area contributed by atoms with Crippen LogP contribution in [0.3, 0.4) is 0 Å². The molecule has 5 heteroatoms. The quantitative estimate of drug-likeness (QED) is 0.767. The lowest BCUT2D eigenvalue weighted by molar-refractivity contribution is 0.238. The van der Waals surface area contributed by atoms with Crippen molar-refractivity contribution in [2.45, 2.75) is 32.5 Å². The first-order valence-electron chi connectivity index (χ1n) is 7.63. The van der Waals surface area contributed by atoms with E-state index in [1.54, 1.807) is 12.1 Å². The molecule has 0 aliphatic heterocycles. The fraction of sp³-hybridized carbons (Fsp3) is 0.333. The molecule has 0 saturated carbocycles. The minimum atomic E-state index is -0.371. The summed E-state index contributed by atoms with van der Waals surface area (Å²) in [4.78, 5) is 0. The minimum absolute atomic E-state index is 0.0800. The van der Waals surface area contributed by atoms with Crippen LogP contribution in [0.5, 0.6) is 5.75 Å². The molecule has 1 unspecified atom stereocenters. The van der Waals surface area contributed by atoms with Gasteiger partial charge in [0.05, 0.1) is 11.6 Å². The third-order valence-electron chi connectivity index (χ3n) is 3.65. The Morgan fingerprint density at radius 2 is 2.04 bits per heavy atom. The van der Waals surface area contributed by atoms with Crippen LogP contribution in [-0.4, -0.2) is 17.8 Å². The van der Waals surface area contributed by atoms with Gasteiger partial charge in [-0.25, -0.2) is 4.39 Å². The fourth-order valence-corrected chi connectivity index (χ4v) is 2.39. The number of nitrogens with one attached hydrogen (secondary N) is 1. The Morgan fingerprint density at radius 1 is 1.26 bits per heavy atom. The van der Waals surface area contributed by atoms with Gasteiger partial charge in [-0.15, -0.1) is 0 Å². The molecule has 2 N–H and O–H groups in total. The molecular formula is C18H21ClFNO2. The predicted octanol–water partition coefficient (Wildman–Crippen LogP) is 3.92. The van der Waals surface area contributed by atoms with E-state index in [4.69, 9.17) is 16.3 Å². The standard InChI is InChI=1S/C18H21ClFNO2/c1-2-14(11-22)21-10-13-5-3-6-15(9-13)23-12-16-17(19)7-4-8-18(16)20/h3-9,14,21-22H,2,10-12H2,1H3. The normalized spacial score (nSPS) is 12.2. The van der Waals surface area contributed by atoms with E-state index in [9.17, 15) is 9.50 Å². The lowest BCUT2D eigenvalue weighted by atomic mass is 10.2. The number of benzene rings is 2. The molecule has 2 rings (SSSR count). The van der Waals surface area contributed by atoms with Crippen molar-refractivity contribution in [1.29, 1.82) is 0 Å². The molecule has 0 bridgehead atoms. The van der Waals surface area contributed by atoms with Gasteiger partial charge >= 0.3 is 0 Å². The van der Waals surface area contributed by atoms with Crippen molar-refractivity contribution in [3.05, 3.63) is 64.4 Å². The van der Waals surface area contributed by atoms with Gasteiger partial charge in [0, 0.05) is 18.2 Å². The van der Waals surface area contributed by atoms with Gasteiger partial charge in [-0.05, 0) is 36.2 Å². The Balaban J connectivity index is 1.97. The van der Waals surface area contributed by atoms with Crippen LogP contribution >= 0.6 is 11.6 Å². The van der Waals surface area contributed by atoms with Gasteiger partial charge in [-0.3, -0.25) is 0 Å². The van der Waals surface area contributed by atoms with Gasteiger partial charge in [0.2, 0.25) is 0 Å². The topological polar surface area (TPSA) is 41.5 Å². The second-order valence-corrected chi connectivity index (χ2v) is 5.71. The van der Waals surface area contributed by atoms with Crippen LogP contribution in [-0.2, 0) is 13.2 Å². The highest BCUT2D eigenvalue weighted by Gasteiger charge is 2.08. The lowest BCUT2D eigenvalue weighted by Gasteiger charge is -2.14. The SMILES string of the molecule is CCC(CO)NCc1cccc(OCc2c(F)cccc2Cl)c1. The first-order chi connectivity index (χ1) is 11.1. The third-order valence-corrected chi connectivity index (χ3v) is 4.01. The maximum atomic E-state index is 13.7. The van der Waals surface area contributed by atoms with Gasteiger partial charge in [-0.2, -0.15) is 0 Å². The van der Waals surface area contributed by atoms with Crippen LogP contribution < -0.4 is 10.1 Å². The van der Waals surface area contributed by atoms with Crippen molar-refractivity contribution in [1.82, 2.24) is 5.32 Å². The van der Waals surface area contributed by atoms with Crippen molar-refractivity contribution < 1.29 is 14.2 Å². The molecule has 3 nitrogen and oxygen atoms in total. The van der Waals surface area contributed by atoms with E-state index in [-0.39, 0.29) is 25.1 Å². The van der Waals surface area contributed by atoms with Crippen LogP contribution in [0.25, 0.3) is 0 Å². The highest BCUT2D eigenvalue weighted by Crippen LogP contribution is 2.22. The van der Waals surface area contributed by atoms with E-state index < -0.39 is 0 Å². The molecule has 0 spiro atoms. The second kappa shape index (κ2) is 8.87. The highest BCUT2D eigenvalue weighted by molar-refractivity contribution is 6.31. The van der Waals surface area contributed by atoms with Crippen molar-refractivity contribution >= 4 is 11.6 Å². The summed E-state index contributed by atoms with van der Waals surface area (Å²) in [7, 11) is 0. The van der Waals surface area contributed by atoms with Crippen molar-refractivity contribution in [2.75, 3.05) is 6.61 Å². The Kier molecular flexibility index (Phi) is 6.84. The maximum Gasteiger partial charge on any atom is 0.131 e. The molecule has 124 valence electrons. The van der Waals surface area contributed by atoms with Crippen molar-refractivity contribution in [3.8, 4) is 5.75 Å². The summed E-state index contributed by atoms with van der Waals surface area (Å²) in [6, 6.07) is 12.2. The molecule has 0 aliphatic carbocycles. The predicted molar refractivity (Wildman–Crippen MR) is 90.2 cm³/mol. The van der Waals surface area contributed by atoms with E-state index in [2.05, 4.69) is 5.32 Å². The first-order valence-corrected chi connectivity index (χ1v) is 8.00.